The molecular weight excluding hydrogens is 418 g/mol. The smallest absolute Gasteiger partial charge is 0.410 e. The van der Waals surface area contributed by atoms with Crippen molar-refractivity contribution < 1.29 is 14.3 Å². The quantitative estimate of drug-likeness (QED) is 0.644. The maximum Gasteiger partial charge on any atom is 0.410 e. The van der Waals surface area contributed by atoms with Gasteiger partial charge >= 0.3 is 6.09 Å². The highest BCUT2D eigenvalue weighted by molar-refractivity contribution is 5.86. The van der Waals surface area contributed by atoms with E-state index in [1.54, 1.807) is 9.58 Å². The van der Waals surface area contributed by atoms with Crippen molar-refractivity contribution >= 4 is 23.0 Å². The molecule has 0 bridgehead atoms. The molecule has 1 fully saturated rings. The zero-order valence-corrected chi connectivity index (χ0v) is 19.6. The number of hydrogen-bond acceptors (Lipinski definition) is 5. The van der Waals surface area contributed by atoms with E-state index in [2.05, 4.69) is 27.8 Å². The molecule has 1 N–H and O–H groups in total. The van der Waals surface area contributed by atoms with E-state index in [0.717, 1.165) is 23.0 Å². The summed E-state index contributed by atoms with van der Waals surface area (Å²) in [5.41, 5.74) is 3.22. The number of amides is 2. The van der Waals surface area contributed by atoms with Crippen molar-refractivity contribution in [1.82, 2.24) is 25.2 Å². The monoisotopic (exact) mass is 449 g/mol. The minimum Gasteiger partial charge on any atom is -0.444 e. The number of benzene rings is 2. The van der Waals surface area contributed by atoms with E-state index in [4.69, 9.17) is 4.74 Å². The maximum atomic E-state index is 13.2. The van der Waals surface area contributed by atoms with Crippen LogP contribution in [0.25, 0.3) is 11.0 Å². The molecule has 2 atom stereocenters. The zero-order valence-electron chi connectivity index (χ0n) is 19.6. The molecule has 0 unspecified atom stereocenters. The third kappa shape index (κ3) is 5.50. The lowest BCUT2D eigenvalue weighted by molar-refractivity contribution is -0.125. The molecule has 1 saturated heterocycles. The molecule has 4 rings (SSSR count). The minimum atomic E-state index is -0.623. The summed E-state index contributed by atoms with van der Waals surface area (Å²) in [6, 6.07) is 15.4. The summed E-state index contributed by atoms with van der Waals surface area (Å²) >= 11 is 0. The van der Waals surface area contributed by atoms with Crippen LogP contribution in [-0.2, 0) is 29.5 Å². The van der Waals surface area contributed by atoms with Crippen LogP contribution in [0.5, 0.6) is 0 Å². The number of likely N-dealkylation sites (tertiary alicyclic amines) is 1. The maximum absolute atomic E-state index is 13.2. The van der Waals surface area contributed by atoms with Gasteiger partial charge in [0.05, 0.1) is 5.52 Å². The van der Waals surface area contributed by atoms with Gasteiger partial charge in [0.2, 0.25) is 5.91 Å². The van der Waals surface area contributed by atoms with Gasteiger partial charge in [-0.3, -0.25) is 9.69 Å². The van der Waals surface area contributed by atoms with E-state index < -0.39 is 17.7 Å². The highest BCUT2D eigenvalue weighted by atomic mass is 16.6. The Hall–Kier alpha value is -3.42. The average Bonchev–Trinajstić information content (AvgIpc) is 3.35. The molecule has 1 aliphatic rings. The number of rotatable bonds is 5. The lowest BCUT2D eigenvalue weighted by Gasteiger charge is -2.28. The van der Waals surface area contributed by atoms with Gasteiger partial charge in [0.25, 0.3) is 0 Å². The Morgan fingerprint density at radius 3 is 2.61 bits per heavy atom. The Labute approximate surface area is 193 Å². The van der Waals surface area contributed by atoms with E-state index in [0.29, 0.717) is 19.5 Å². The lowest BCUT2D eigenvalue weighted by atomic mass is 9.96. The van der Waals surface area contributed by atoms with Crippen LogP contribution in [0.15, 0.2) is 48.5 Å². The van der Waals surface area contributed by atoms with Gasteiger partial charge in [-0.2, -0.15) is 0 Å². The molecule has 8 nitrogen and oxygen atoms in total. The van der Waals surface area contributed by atoms with Crippen LogP contribution in [0.1, 0.15) is 38.3 Å². The fraction of sp³-hybridized carbons (Fsp3) is 0.440. The van der Waals surface area contributed by atoms with Crippen LogP contribution in [0, 0.1) is 5.92 Å². The SMILES string of the molecule is Cn1nnc2cc(CNC(=O)[C@@H]3C[C@H](Cc4ccccc4)CN3C(=O)OC(C)(C)C)ccc21. The van der Waals surface area contributed by atoms with Gasteiger partial charge in [-0.05, 0) is 62.8 Å². The van der Waals surface area contributed by atoms with Crippen molar-refractivity contribution in [3.63, 3.8) is 0 Å². The molecule has 0 saturated carbocycles. The third-order valence-corrected chi connectivity index (χ3v) is 5.83. The normalized spacial score (nSPS) is 18.5. The first kappa shape index (κ1) is 22.8. The second kappa shape index (κ2) is 9.21. The zero-order chi connectivity index (χ0) is 23.6. The van der Waals surface area contributed by atoms with Crippen molar-refractivity contribution in [2.24, 2.45) is 13.0 Å². The van der Waals surface area contributed by atoms with Gasteiger partial charge in [-0.15, -0.1) is 5.10 Å². The highest BCUT2D eigenvalue weighted by Gasteiger charge is 2.41. The van der Waals surface area contributed by atoms with Crippen LogP contribution >= 0.6 is 0 Å². The number of carbonyl (C=O) groups is 2. The van der Waals surface area contributed by atoms with E-state index >= 15 is 0 Å². The van der Waals surface area contributed by atoms with Gasteiger partial charge < -0.3 is 10.1 Å². The summed E-state index contributed by atoms with van der Waals surface area (Å²) in [5.74, 6) is 0.0160. The second-order valence-corrected chi connectivity index (χ2v) is 9.69. The van der Waals surface area contributed by atoms with E-state index in [9.17, 15) is 9.59 Å². The number of nitrogens with one attached hydrogen (secondary N) is 1. The number of ether oxygens (including phenoxy) is 1. The predicted molar refractivity (Wildman–Crippen MR) is 125 cm³/mol. The van der Waals surface area contributed by atoms with Crippen LogP contribution < -0.4 is 5.32 Å². The molecule has 0 spiro atoms. The lowest BCUT2D eigenvalue weighted by Crippen LogP contribution is -2.47. The molecule has 174 valence electrons. The summed E-state index contributed by atoms with van der Waals surface area (Å²) in [7, 11) is 1.84. The summed E-state index contributed by atoms with van der Waals surface area (Å²) in [6.07, 6.45) is 0.968. The molecule has 3 aromatic rings. The van der Waals surface area contributed by atoms with Crippen LogP contribution in [0.4, 0.5) is 4.79 Å². The Morgan fingerprint density at radius 1 is 1.12 bits per heavy atom. The summed E-state index contributed by atoms with van der Waals surface area (Å²) < 4.78 is 7.31. The van der Waals surface area contributed by atoms with E-state index in [1.807, 2.05) is 64.2 Å². The van der Waals surface area contributed by atoms with Gasteiger partial charge in [-0.25, -0.2) is 9.48 Å². The first-order chi connectivity index (χ1) is 15.7. The summed E-state index contributed by atoms with van der Waals surface area (Å²) in [4.78, 5) is 27.7. The molecule has 33 heavy (non-hydrogen) atoms. The van der Waals surface area contributed by atoms with Crippen molar-refractivity contribution in [2.45, 2.75) is 51.8 Å². The van der Waals surface area contributed by atoms with Crippen LogP contribution in [0.2, 0.25) is 0 Å². The van der Waals surface area contributed by atoms with Crippen molar-refractivity contribution in [3.8, 4) is 0 Å². The highest BCUT2D eigenvalue weighted by Crippen LogP contribution is 2.28. The fourth-order valence-electron chi connectivity index (χ4n) is 4.29. The number of aromatic nitrogens is 3. The van der Waals surface area contributed by atoms with Gasteiger partial charge in [0.1, 0.15) is 17.2 Å². The topological polar surface area (TPSA) is 89.4 Å². The molecule has 8 heteroatoms. The number of fused-ring (bicyclic) bond motifs is 1. The first-order valence-electron chi connectivity index (χ1n) is 11.3. The minimum absolute atomic E-state index is 0.171. The van der Waals surface area contributed by atoms with Crippen molar-refractivity contribution in [3.05, 3.63) is 59.7 Å². The summed E-state index contributed by atoms with van der Waals surface area (Å²) in [6.45, 7) is 6.35. The standard InChI is InChI=1S/C25H31N5O3/c1-25(2,3)33-24(32)30-16-19(12-17-8-6-5-7-9-17)14-22(30)23(31)26-15-18-10-11-21-20(13-18)27-28-29(21)4/h5-11,13,19,22H,12,14-16H2,1-4H3,(H,26,31)/t19-,22-/m0/s1. The van der Waals surface area contributed by atoms with E-state index in [-0.39, 0.29) is 11.8 Å². The molecule has 1 aromatic heterocycles. The first-order valence-corrected chi connectivity index (χ1v) is 11.3. The number of nitrogens with zero attached hydrogens (tertiary/aromatic N) is 4. The molecule has 0 aliphatic carbocycles. The predicted octanol–water partition coefficient (Wildman–Crippen LogP) is 3.45. The fourth-order valence-corrected chi connectivity index (χ4v) is 4.29. The van der Waals surface area contributed by atoms with Crippen molar-refractivity contribution in [1.29, 1.82) is 0 Å². The number of aryl methyl sites for hydroxylation is 1. The van der Waals surface area contributed by atoms with Gasteiger partial charge in [0.15, 0.2) is 0 Å². The Kier molecular flexibility index (Phi) is 6.35. The Balaban J connectivity index is 1.45. The number of carbonyl (C=O) groups excluding carboxylic acids is 2. The van der Waals surface area contributed by atoms with Gasteiger partial charge in [0, 0.05) is 20.1 Å². The van der Waals surface area contributed by atoms with E-state index in [1.165, 1.54) is 5.56 Å². The molecule has 2 amide bonds. The molecule has 2 aromatic carbocycles. The molecule has 1 aliphatic heterocycles. The van der Waals surface area contributed by atoms with Gasteiger partial charge in [-0.1, -0.05) is 41.6 Å². The third-order valence-electron chi connectivity index (χ3n) is 5.83. The largest absolute Gasteiger partial charge is 0.444 e. The van der Waals surface area contributed by atoms with Crippen LogP contribution in [-0.4, -0.2) is 50.1 Å². The van der Waals surface area contributed by atoms with Crippen LogP contribution in [0.3, 0.4) is 0 Å². The molecule has 2 heterocycles. The number of hydrogen-bond donors (Lipinski definition) is 1. The Bertz CT molecular complexity index is 1140. The van der Waals surface area contributed by atoms with Crippen molar-refractivity contribution in [2.75, 3.05) is 6.54 Å². The second-order valence-electron chi connectivity index (χ2n) is 9.69. The summed E-state index contributed by atoms with van der Waals surface area (Å²) in [5, 5.41) is 11.2. The molecule has 0 radical (unpaired) electrons. The Morgan fingerprint density at radius 2 is 1.88 bits per heavy atom. The molecular formula is C25H31N5O3. The average molecular weight is 450 g/mol.